The first kappa shape index (κ1) is 14.5. The maximum absolute atomic E-state index is 13.5. The summed E-state index contributed by atoms with van der Waals surface area (Å²) in [6, 6.07) is 5.99. The molecule has 0 saturated heterocycles. The Bertz CT molecular complexity index is 545. The molecule has 106 valence electrons. The maximum Gasteiger partial charge on any atom is 0.231 e. The summed E-state index contributed by atoms with van der Waals surface area (Å²) in [4.78, 5) is 12.5. The van der Waals surface area contributed by atoms with Gasteiger partial charge in [-0.1, -0.05) is 25.3 Å². The number of nitrogens with two attached hydrogens (primary N) is 1. The lowest BCUT2D eigenvalue weighted by atomic mass is 9.73. The van der Waals surface area contributed by atoms with Gasteiger partial charge >= 0.3 is 0 Å². The van der Waals surface area contributed by atoms with Crippen LogP contribution in [-0.4, -0.2) is 12.5 Å². The van der Waals surface area contributed by atoms with E-state index in [4.69, 9.17) is 11.0 Å². The molecule has 0 aromatic heterocycles. The molecule has 1 amide bonds. The van der Waals surface area contributed by atoms with Crippen molar-refractivity contribution in [2.24, 2.45) is 11.1 Å². The number of nitriles is 1. The lowest BCUT2D eigenvalue weighted by molar-refractivity contribution is -0.126. The van der Waals surface area contributed by atoms with Crippen LogP contribution in [-0.2, 0) is 4.79 Å². The molecule has 1 fully saturated rings. The molecule has 4 nitrogen and oxygen atoms in total. The van der Waals surface area contributed by atoms with Crippen LogP contribution in [0, 0.1) is 22.6 Å². The Balaban J connectivity index is 2.23. The fourth-order valence-corrected chi connectivity index (χ4v) is 2.75. The van der Waals surface area contributed by atoms with Crippen LogP contribution in [0.1, 0.15) is 37.7 Å². The molecule has 0 aliphatic heterocycles. The molecule has 0 heterocycles. The fraction of sp³-hybridized carbons (Fsp3) is 0.467. The van der Waals surface area contributed by atoms with Gasteiger partial charge in [-0.3, -0.25) is 4.79 Å². The normalized spacial score (nSPS) is 17.2. The average molecular weight is 275 g/mol. The third kappa shape index (κ3) is 2.66. The summed E-state index contributed by atoms with van der Waals surface area (Å²) in [6.45, 7) is 0.274. The van der Waals surface area contributed by atoms with Gasteiger partial charge in [0.25, 0.3) is 0 Å². The number of rotatable bonds is 3. The summed E-state index contributed by atoms with van der Waals surface area (Å²) in [6.07, 6.45) is 4.54. The number of halogens is 1. The van der Waals surface area contributed by atoms with E-state index >= 15 is 0 Å². The number of hydrogen-bond acceptors (Lipinski definition) is 3. The predicted octanol–water partition coefficient (Wildman–Crippen LogP) is 2.55. The van der Waals surface area contributed by atoms with E-state index in [1.807, 2.05) is 0 Å². The van der Waals surface area contributed by atoms with Gasteiger partial charge in [0.2, 0.25) is 5.91 Å². The van der Waals surface area contributed by atoms with Gasteiger partial charge < -0.3 is 11.1 Å². The number of benzene rings is 1. The molecule has 0 unspecified atom stereocenters. The molecule has 2 rings (SSSR count). The lowest BCUT2D eigenvalue weighted by Gasteiger charge is -2.34. The van der Waals surface area contributed by atoms with Crippen molar-refractivity contribution in [3.63, 3.8) is 0 Å². The zero-order valence-electron chi connectivity index (χ0n) is 11.3. The summed E-state index contributed by atoms with van der Waals surface area (Å²) < 4.78 is 13.5. The molecule has 1 aliphatic carbocycles. The average Bonchev–Trinajstić information content (AvgIpc) is 2.48. The number of nitrogens with one attached hydrogen (secondary N) is 1. The fourth-order valence-electron chi connectivity index (χ4n) is 2.75. The van der Waals surface area contributed by atoms with Crippen molar-refractivity contribution in [3.05, 3.63) is 29.6 Å². The summed E-state index contributed by atoms with van der Waals surface area (Å²) >= 11 is 0. The van der Waals surface area contributed by atoms with Gasteiger partial charge in [0.05, 0.1) is 11.1 Å². The second kappa shape index (κ2) is 6.02. The van der Waals surface area contributed by atoms with Crippen LogP contribution in [0.4, 0.5) is 10.1 Å². The molecule has 1 aliphatic rings. The quantitative estimate of drug-likeness (QED) is 0.889. The minimum absolute atomic E-state index is 0.135. The highest BCUT2D eigenvalue weighted by molar-refractivity contribution is 5.96. The molecule has 0 bridgehead atoms. The Morgan fingerprint density at radius 1 is 1.40 bits per heavy atom. The molecular formula is C15H18FN3O. The highest BCUT2D eigenvalue weighted by Gasteiger charge is 2.38. The van der Waals surface area contributed by atoms with Crippen LogP contribution in [0.25, 0.3) is 0 Å². The molecule has 1 aromatic carbocycles. The topological polar surface area (TPSA) is 78.9 Å². The summed E-state index contributed by atoms with van der Waals surface area (Å²) in [5.74, 6) is -0.836. The van der Waals surface area contributed by atoms with Crippen molar-refractivity contribution >= 4 is 11.6 Å². The lowest BCUT2D eigenvalue weighted by Crippen LogP contribution is -2.44. The third-order valence-electron chi connectivity index (χ3n) is 4.06. The minimum atomic E-state index is -0.629. The molecule has 20 heavy (non-hydrogen) atoms. The molecule has 0 spiro atoms. The van der Waals surface area contributed by atoms with Gasteiger partial charge in [-0.25, -0.2) is 4.39 Å². The van der Waals surface area contributed by atoms with Gasteiger partial charge in [-0.15, -0.1) is 0 Å². The van der Waals surface area contributed by atoms with Crippen molar-refractivity contribution in [2.75, 3.05) is 11.9 Å². The summed E-state index contributed by atoms with van der Waals surface area (Å²) in [5, 5.41) is 11.7. The number of anilines is 1. The van der Waals surface area contributed by atoms with E-state index in [1.165, 1.54) is 18.2 Å². The van der Waals surface area contributed by atoms with Crippen LogP contribution in [0.15, 0.2) is 18.2 Å². The van der Waals surface area contributed by atoms with E-state index in [2.05, 4.69) is 5.32 Å². The van der Waals surface area contributed by atoms with Crippen molar-refractivity contribution < 1.29 is 9.18 Å². The standard InChI is InChI=1S/C15H18FN3O/c16-12-5-4-6-13(11(12)9-17)19-14(20)15(10-18)7-2-1-3-8-15/h4-6H,1-3,7-8,10,18H2,(H,19,20). The zero-order chi connectivity index (χ0) is 14.6. The van der Waals surface area contributed by atoms with Crippen molar-refractivity contribution in [1.29, 1.82) is 5.26 Å². The van der Waals surface area contributed by atoms with Crippen molar-refractivity contribution in [3.8, 4) is 6.07 Å². The minimum Gasteiger partial charge on any atom is -0.329 e. The highest BCUT2D eigenvalue weighted by Crippen LogP contribution is 2.36. The first-order valence-electron chi connectivity index (χ1n) is 6.83. The van der Waals surface area contributed by atoms with Crippen LogP contribution >= 0.6 is 0 Å². The maximum atomic E-state index is 13.5. The first-order chi connectivity index (χ1) is 9.63. The predicted molar refractivity (Wildman–Crippen MR) is 74.3 cm³/mol. The second-order valence-electron chi connectivity index (χ2n) is 5.27. The molecular weight excluding hydrogens is 257 g/mol. The van der Waals surface area contributed by atoms with Crippen LogP contribution in [0.5, 0.6) is 0 Å². The van der Waals surface area contributed by atoms with E-state index in [1.54, 1.807) is 6.07 Å². The van der Waals surface area contributed by atoms with Gasteiger partial charge in [-0.05, 0) is 25.0 Å². The van der Waals surface area contributed by atoms with Gasteiger partial charge in [0.1, 0.15) is 17.4 Å². The number of amides is 1. The summed E-state index contributed by atoms with van der Waals surface area (Å²) in [7, 11) is 0. The van der Waals surface area contributed by atoms with E-state index < -0.39 is 11.2 Å². The first-order valence-corrected chi connectivity index (χ1v) is 6.83. The Hall–Kier alpha value is -1.93. The number of carbonyl (C=O) groups excluding carboxylic acids is 1. The number of carbonyl (C=O) groups is 1. The molecule has 0 atom stereocenters. The van der Waals surface area contributed by atoms with Gasteiger partial charge in [0.15, 0.2) is 0 Å². The van der Waals surface area contributed by atoms with E-state index in [0.717, 1.165) is 32.1 Å². The SMILES string of the molecule is N#Cc1c(F)cccc1NC(=O)C1(CN)CCCCC1. The van der Waals surface area contributed by atoms with Crippen LogP contribution in [0.2, 0.25) is 0 Å². The number of hydrogen-bond donors (Lipinski definition) is 2. The van der Waals surface area contributed by atoms with E-state index in [-0.39, 0.29) is 23.7 Å². The molecule has 1 aromatic rings. The largest absolute Gasteiger partial charge is 0.329 e. The Morgan fingerprint density at radius 2 is 2.10 bits per heavy atom. The Labute approximate surface area is 117 Å². The Morgan fingerprint density at radius 3 is 2.70 bits per heavy atom. The van der Waals surface area contributed by atoms with Gasteiger partial charge in [0, 0.05) is 6.54 Å². The number of nitrogens with zero attached hydrogens (tertiary/aromatic N) is 1. The molecule has 5 heteroatoms. The molecule has 0 radical (unpaired) electrons. The third-order valence-corrected chi connectivity index (χ3v) is 4.06. The second-order valence-corrected chi connectivity index (χ2v) is 5.27. The zero-order valence-corrected chi connectivity index (χ0v) is 11.3. The highest BCUT2D eigenvalue weighted by atomic mass is 19.1. The van der Waals surface area contributed by atoms with Crippen LogP contribution < -0.4 is 11.1 Å². The van der Waals surface area contributed by atoms with Crippen molar-refractivity contribution in [2.45, 2.75) is 32.1 Å². The van der Waals surface area contributed by atoms with Crippen LogP contribution in [0.3, 0.4) is 0 Å². The summed E-state index contributed by atoms with van der Waals surface area (Å²) in [5.41, 5.74) is 5.29. The van der Waals surface area contributed by atoms with E-state index in [0.29, 0.717) is 0 Å². The monoisotopic (exact) mass is 275 g/mol. The van der Waals surface area contributed by atoms with E-state index in [9.17, 15) is 9.18 Å². The molecule has 3 N–H and O–H groups in total. The smallest absolute Gasteiger partial charge is 0.231 e. The Kier molecular flexibility index (Phi) is 4.35. The van der Waals surface area contributed by atoms with Crippen molar-refractivity contribution in [1.82, 2.24) is 0 Å². The van der Waals surface area contributed by atoms with Gasteiger partial charge in [-0.2, -0.15) is 5.26 Å². The molecule has 1 saturated carbocycles.